The van der Waals surface area contributed by atoms with Gasteiger partial charge in [0.1, 0.15) is 5.69 Å². The smallest absolute Gasteiger partial charge is 0.314 e. The molecule has 0 aromatic heterocycles. The van der Waals surface area contributed by atoms with Crippen molar-refractivity contribution in [3.8, 4) is 0 Å². The van der Waals surface area contributed by atoms with E-state index in [-0.39, 0.29) is 24.0 Å². The summed E-state index contributed by atoms with van der Waals surface area (Å²) in [4.78, 5) is 36.6. The van der Waals surface area contributed by atoms with Gasteiger partial charge in [-0.25, -0.2) is 0 Å². The fraction of sp³-hybridized carbons (Fsp3) is 0.222. The number of amides is 2. The lowest BCUT2D eigenvalue weighted by Crippen LogP contribution is -2.43. The Kier molecular flexibility index (Phi) is 5.84. The molecule has 0 atom stereocenters. The number of anilines is 1. The predicted octanol–water partition coefficient (Wildman–Crippen LogP) is 2.97. The van der Waals surface area contributed by atoms with Gasteiger partial charge in [-0.2, -0.15) is 0 Å². The molecule has 0 spiro atoms. The number of para-hydroxylation sites is 2. The first kappa shape index (κ1) is 18.1. The minimum Gasteiger partial charge on any atom is -0.328 e. The Balaban J connectivity index is 2.16. The normalized spacial score (nSPS) is 10.4. The Hall–Kier alpha value is -3.22. The van der Waals surface area contributed by atoms with Crippen molar-refractivity contribution in [2.24, 2.45) is 0 Å². The van der Waals surface area contributed by atoms with Crippen molar-refractivity contribution in [2.45, 2.75) is 26.4 Å². The Labute approximate surface area is 145 Å². The number of nitro groups is 1. The molecule has 0 fully saturated rings. The van der Waals surface area contributed by atoms with E-state index in [0.717, 1.165) is 5.56 Å². The van der Waals surface area contributed by atoms with Crippen molar-refractivity contribution in [2.75, 3.05) is 5.32 Å². The van der Waals surface area contributed by atoms with E-state index in [0.29, 0.717) is 0 Å². The number of hydrogen-bond acceptors (Lipinski definition) is 4. The molecule has 25 heavy (non-hydrogen) atoms. The van der Waals surface area contributed by atoms with Crippen molar-refractivity contribution in [3.05, 3.63) is 70.3 Å². The van der Waals surface area contributed by atoms with Crippen LogP contribution in [-0.2, 0) is 16.1 Å². The number of hydrogen-bond donors (Lipinski definition) is 1. The quantitative estimate of drug-likeness (QED) is 0.514. The summed E-state index contributed by atoms with van der Waals surface area (Å²) in [6, 6.07) is 14.8. The second-order valence-corrected chi connectivity index (χ2v) is 5.74. The lowest BCUT2D eigenvalue weighted by atomic mass is 10.2. The summed E-state index contributed by atoms with van der Waals surface area (Å²) >= 11 is 0. The zero-order chi connectivity index (χ0) is 18.4. The van der Waals surface area contributed by atoms with Crippen LogP contribution in [0.4, 0.5) is 11.4 Å². The number of nitrogens with zero attached hydrogens (tertiary/aromatic N) is 2. The summed E-state index contributed by atoms with van der Waals surface area (Å²) in [5, 5.41) is 13.4. The van der Waals surface area contributed by atoms with Crippen LogP contribution in [0.3, 0.4) is 0 Å². The third-order valence-corrected chi connectivity index (χ3v) is 3.62. The van der Waals surface area contributed by atoms with Crippen LogP contribution < -0.4 is 5.32 Å². The number of nitrogens with one attached hydrogen (secondary N) is 1. The highest BCUT2D eigenvalue weighted by molar-refractivity contribution is 6.39. The molecule has 0 bridgehead atoms. The van der Waals surface area contributed by atoms with Crippen LogP contribution in [0.1, 0.15) is 19.4 Å². The molecule has 0 aliphatic rings. The van der Waals surface area contributed by atoms with Gasteiger partial charge >= 0.3 is 11.8 Å². The Bertz CT molecular complexity index is 775. The highest BCUT2D eigenvalue weighted by Crippen LogP contribution is 2.23. The molecule has 2 aromatic rings. The van der Waals surface area contributed by atoms with E-state index < -0.39 is 16.7 Å². The molecule has 2 aromatic carbocycles. The summed E-state index contributed by atoms with van der Waals surface area (Å²) in [6.07, 6.45) is 0. The van der Waals surface area contributed by atoms with E-state index in [4.69, 9.17) is 0 Å². The maximum atomic E-state index is 12.5. The van der Waals surface area contributed by atoms with Gasteiger partial charge in [0.05, 0.1) is 4.92 Å². The zero-order valence-electron chi connectivity index (χ0n) is 14.0. The number of carbonyl (C=O) groups excluding carboxylic acids is 2. The van der Waals surface area contributed by atoms with Gasteiger partial charge in [0.2, 0.25) is 0 Å². The van der Waals surface area contributed by atoms with Crippen LogP contribution in [0.5, 0.6) is 0 Å². The number of nitro benzene ring substituents is 1. The standard InChI is InChI=1S/C18H19N3O4/c1-13(2)20(12-14-8-4-3-5-9-14)18(23)17(22)19-15-10-6-7-11-16(15)21(24)25/h3-11,13H,12H2,1-2H3,(H,19,22). The maximum Gasteiger partial charge on any atom is 0.314 e. The third-order valence-electron chi connectivity index (χ3n) is 3.62. The van der Waals surface area contributed by atoms with E-state index in [1.807, 2.05) is 30.3 Å². The average Bonchev–Trinajstić information content (AvgIpc) is 2.60. The fourth-order valence-corrected chi connectivity index (χ4v) is 2.31. The van der Waals surface area contributed by atoms with Crippen LogP contribution >= 0.6 is 0 Å². The van der Waals surface area contributed by atoms with Crippen molar-refractivity contribution < 1.29 is 14.5 Å². The van der Waals surface area contributed by atoms with E-state index >= 15 is 0 Å². The molecular formula is C18H19N3O4. The van der Waals surface area contributed by atoms with Crippen molar-refractivity contribution in [1.82, 2.24) is 4.90 Å². The third kappa shape index (κ3) is 4.63. The van der Waals surface area contributed by atoms with Gasteiger partial charge in [-0.3, -0.25) is 19.7 Å². The molecule has 2 amide bonds. The molecule has 7 heteroatoms. The summed E-state index contributed by atoms with van der Waals surface area (Å²) in [5.74, 6) is -1.64. The summed E-state index contributed by atoms with van der Waals surface area (Å²) in [6.45, 7) is 3.89. The molecule has 0 aliphatic heterocycles. The molecule has 7 nitrogen and oxygen atoms in total. The van der Waals surface area contributed by atoms with Gasteiger partial charge < -0.3 is 10.2 Å². The molecule has 0 heterocycles. The van der Waals surface area contributed by atoms with Gasteiger partial charge in [0.15, 0.2) is 0 Å². The second kappa shape index (κ2) is 8.05. The van der Waals surface area contributed by atoms with Crippen LogP contribution in [0.15, 0.2) is 54.6 Å². The second-order valence-electron chi connectivity index (χ2n) is 5.74. The topological polar surface area (TPSA) is 92.6 Å². The van der Waals surface area contributed by atoms with Gasteiger partial charge in [-0.05, 0) is 25.5 Å². The SMILES string of the molecule is CC(C)N(Cc1ccccc1)C(=O)C(=O)Nc1ccccc1[N+](=O)[O-]. The Morgan fingerprint density at radius 1 is 1.08 bits per heavy atom. The highest BCUT2D eigenvalue weighted by Gasteiger charge is 2.26. The first-order valence-corrected chi connectivity index (χ1v) is 7.79. The molecule has 0 aliphatic carbocycles. The molecule has 2 rings (SSSR count). The van der Waals surface area contributed by atoms with Gasteiger partial charge in [-0.15, -0.1) is 0 Å². The zero-order valence-corrected chi connectivity index (χ0v) is 14.0. The average molecular weight is 341 g/mol. The number of rotatable bonds is 5. The molecule has 130 valence electrons. The maximum absolute atomic E-state index is 12.5. The lowest BCUT2D eigenvalue weighted by molar-refractivity contribution is -0.383. The van der Waals surface area contributed by atoms with E-state index in [1.165, 1.54) is 23.1 Å². The monoisotopic (exact) mass is 341 g/mol. The molecular weight excluding hydrogens is 322 g/mol. The van der Waals surface area contributed by atoms with Crippen LogP contribution in [-0.4, -0.2) is 27.7 Å². The Morgan fingerprint density at radius 2 is 1.68 bits per heavy atom. The Morgan fingerprint density at radius 3 is 2.28 bits per heavy atom. The van der Waals surface area contributed by atoms with Crippen LogP contribution in [0, 0.1) is 10.1 Å². The molecule has 0 saturated heterocycles. The van der Waals surface area contributed by atoms with E-state index in [9.17, 15) is 19.7 Å². The lowest BCUT2D eigenvalue weighted by Gasteiger charge is -2.26. The minimum absolute atomic E-state index is 0.00531. The van der Waals surface area contributed by atoms with Gasteiger partial charge in [-0.1, -0.05) is 42.5 Å². The van der Waals surface area contributed by atoms with Crippen LogP contribution in [0.25, 0.3) is 0 Å². The van der Waals surface area contributed by atoms with Gasteiger partial charge in [0.25, 0.3) is 5.69 Å². The van der Waals surface area contributed by atoms with E-state index in [1.54, 1.807) is 19.9 Å². The van der Waals surface area contributed by atoms with Crippen molar-refractivity contribution in [3.63, 3.8) is 0 Å². The minimum atomic E-state index is -0.904. The number of carbonyl (C=O) groups is 2. The van der Waals surface area contributed by atoms with E-state index in [2.05, 4.69) is 5.32 Å². The summed E-state index contributed by atoms with van der Waals surface area (Å²) in [5.41, 5.74) is 0.625. The molecule has 0 unspecified atom stereocenters. The first-order valence-electron chi connectivity index (χ1n) is 7.79. The van der Waals surface area contributed by atoms with Crippen LogP contribution in [0.2, 0.25) is 0 Å². The largest absolute Gasteiger partial charge is 0.328 e. The predicted molar refractivity (Wildman–Crippen MR) is 93.9 cm³/mol. The van der Waals surface area contributed by atoms with Crippen molar-refractivity contribution >= 4 is 23.2 Å². The summed E-state index contributed by atoms with van der Waals surface area (Å²) < 4.78 is 0. The molecule has 1 N–H and O–H groups in total. The van der Waals surface area contributed by atoms with Crippen molar-refractivity contribution in [1.29, 1.82) is 0 Å². The van der Waals surface area contributed by atoms with Gasteiger partial charge in [0, 0.05) is 18.7 Å². The first-order chi connectivity index (χ1) is 11.9. The highest BCUT2D eigenvalue weighted by atomic mass is 16.6. The fourth-order valence-electron chi connectivity index (χ4n) is 2.31. The molecule has 0 radical (unpaired) electrons. The summed E-state index contributed by atoms with van der Waals surface area (Å²) in [7, 11) is 0. The number of benzene rings is 2. The molecule has 0 saturated carbocycles.